The van der Waals surface area contributed by atoms with E-state index >= 15 is 0 Å². The first-order chi connectivity index (χ1) is 36.3. The molecule has 324 valence electrons. The Kier molecular flexibility index (Phi) is 8.54. The van der Waals surface area contributed by atoms with Gasteiger partial charge in [-0.1, -0.05) is 212 Å². The van der Waals surface area contributed by atoms with Crippen molar-refractivity contribution in [3.63, 3.8) is 0 Å². The highest BCUT2D eigenvalue weighted by atomic mass is 15.1. The average Bonchev–Trinajstić information content (AvgIpc) is 4.04. The fourth-order valence-corrected chi connectivity index (χ4v) is 10.9. The van der Waals surface area contributed by atoms with Gasteiger partial charge in [0.15, 0.2) is 0 Å². The maximum atomic E-state index is 9.25. The molecule has 69 heavy (non-hydrogen) atoms. The van der Waals surface area contributed by atoms with Crippen LogP contribution in [0.1, 0.15) is 29.1 Å². The molecule has 1 aliphatic rings. The van der Waals surface area contributed by atoms with Gasteiger partial charge in [0, 0.05) is 33.5 Å². The SMILES string of the molecule is [2H]c1c([2H])c([2H])c(N(c2ccc(-c3ccc(-c4ccccc4)cc3)cc2)c2ccc3c(c2)c2cc(-c4ccc(C5(c6ccccc6)c6ccccc6-c6ccccc65)cc4)ccc2n3-c2ccccc2)c([2H])c1[2H]. The third-order valence-electron chi connectivity index (χ3n) is 14.0. The van der Waals surface area contributed by atoms with Crippen molar-refractivity contribution in [2.24, 2.45) is 0 Å². The van der Waals surface area contributed by atoms with E-state index in [1.54, 1.807) is 4.90 Å². The van der Waals surface area contributed by atoms with E-state index in [0.717, 1.165) is 60.9 Å². The molecule has 0 fully saturated rings. The van der Waals surface area contributed by atoms with E-state index in [2.05, 4.69) is 187 Å². The summed E-state index contributed by atoms with van der Waals surface area (Å²) in [6, 6.07) is 85.6. The summed E-state index contributed by atoms with van der Waals surface area (Å²) in [4.78, 5) is 1.80. The average molecular weight is 884 g/mol. The van der Waals surface area contributed by atoms with Crippen LogP contribution in [0.3, 0.4) is 0 Å². The van der Waals surface area contributed by atoms with Crippen molar-refractivity contribution in [2.45, 2.75) is 5.41 Å². The third-order valence-corrected chi connectivity index (χ3v) is 14.0. The molecule has 0 amide bonds. The Labute approximate surface area is 410 Å². The number of benzene rings is 11. The molecular formula is C67H46N2. The first kappa shape index (κ1) is 35.2. The van der Waals surface area contributed by atoms with Gasteiger partial charge in [0.05, 0.1) is 23.3 Å². The lowest BCUT2D eigenvalue weighted by molar-refractivity contribution is 0.768. The standard InChI is InChI=1S/C67H46N2/c1-5-17-47(18-6-1)48-29-31-49(32-30-48)50-35-40-57(41-36-50)68(55-21-9-3-10-22-55)58-42-44-66-62(46-58)61-45-52(37-43-65(61)69(66)56-23-11-4-12-24-56)51-33-38-54(39-34-51)67(53-19-7-2-8-20-53)63-27-15-13-25-59(63)60-26-14-16-28-64(60)67/h1-46H/i3D,9D,10D,21D,22D. The number of hydrogen-bond donors (Lipinski definition) is 0. The van der Waals surface area contributed by atoms with Crippen LogP contribution in [0.15, 0.2) is 279 Å². The van der Waals surface area contributed by atoms with Gasteiger partial charge in [-0.3, -0.25) is 0 Å². The number of anilines is 3. The van der Waals surface area contributed by atoms with E-state index in [1.807, 2.05) is 66.7 Å². The lowest BCUT2D eigenvalue weighted by Gasteiger charge is -2.34. The Morgan fingerprint density at radius 2 is 0.768 bits per heavy atom. The second kappa shape index (κ2) is 16.7. The fraction of sp³-hybridized carbons (Fsp3) is 0.0149. The predicted octanol–water partition coefficient (Wildman–Crippen LogP) is 17.6. The van der Waals surface area contributed by atoms with Crippen molar-refractivity contribution in [1.82, 2.24) is 4.57 Å². The maximum Gasteiger partial charge on any atom is 0.0713 e. The first-order valence-corrected chi connectivity index (χ1v) is 23.4. The number of rotatable bonds is 9. The second-order valence-corrected chi connectivity index (χ2v) is 17.7. The fourth-order valence-electron chi connectivity index (χ4n) is 10.9. The van der Waals surface area contributed by atoms with Gasteiger partial charge in [0.25, 0.3) is 0 Å². The molecule has 11 aromatic carbocycles. The van der Waals surface area contributed by atoms with Crippen molar-refractivity contribution in [1.29, 1.82) is 0 Å². The van der Waals surface area contributed by atoms with Crippen LogP contribution in [0.5, 0.6) is 0 Å². The van der Waals surface area contributed by atoms with Crippen LogP contribution in [-0.2, 0) is 5.41 Å². The lowest BCUT2D eigenvalue weighted by Crippen LogP contribution is -2.28. The zero-order valence-corrected chi connectivity index (χ0v) is 37.6. The molecule has 0 spiro atoms. The van der Waals surface area contributed by atoms with Gasteiger partial charge in [-0.05, 0) is 133 Å². The highest BCUT2D eigenvalue weighted by molar-refractivity contribution is 6.12. The van der Waals surface area contributed by atoms with Crippen molar-refractivity contribution >= 4 is 38.9 Å². The normalized spacial score (nSPS) is 13.5. The molecule has 2 heteroatoms. The van der Waals surface area contributed by atoms with Crippen molar-refractivity contribution in [3.8, 4) is 50.2 Å². The minimum absolute atomic E-state index is 0.0728. The van der Waals surface area contributed by atoms with Crippen LogP contribution in [0.25, 0.3) is 72.0 Å². The van der Waals surface area contributed by atoms with Gasteiger partial charge in [-0.2, -0.15) is 0 Å². The van der Waals surface area contributed by atoms with Crippen LogP contribution in [-0.4, -0.2) is 4.57 Å². The Bertz CT molecular complexity index is 4020. The topological polar surface area (TPSA) is 8.17 Å². The van der Waals surface area contributed by atoms with E-state index in [1.165, 1.54) is 33.4 Å². The number of para-hydroxylation sites is 2. The Morgan fingerprint density at radius 1 is 0.333 bits per heavy atom. The molecule has 0 saturated heterocycles. The molecule has 0 atom stereocenters. The van der Waals surface area contributed by atoms with Crippen LogP contribution >= 0.6 is 0 Å². The van der Waals surface area contributed by atoms with Gasteiger partial charge in [0.1, 0.15) is 0 Å². The smallest absolute Gasteiger partial charge is 0.0713 e. The van der Waals surface area contributed by atoms with Gasteiger partial charge in [-0.15, -0.1) is 0 Å². The van der Waals surface area contributed by atoms with E-state index in [4.69, 9.17) is 4.11 Å². The Balaban J connectivity index is 0.958. The third kappa shape index (κ3) is 6.72. The summed E-state index contributed by atoms with van der Waals surface area (Å²) in [5, 5.41) is 1.97. The van der Waals surface area contributed by atoms with Gasteiger partial charge in [-0.25, -0.2) is 0 Å². The first-order valence-electron chi connectivity index (χ1n) is 25.9. The molecule has 0 radical (unpaired) electrons. The predicted molar refractivity (Wildman–Crippen MR) is 289 cm³/mol. The summed E-state index contributed by atoms with van der Waals surface area (Å²) >= 11 is 0. The molecular weight excluding hydrogens is 833 g/mol. The van der Waals surface area contributed by atoms with Crippen molar-refractivity contribution in [2.75, 3.05) is 4.90 Å². The van der Waals surface area contributed by atoms with Gasteiger partial charge < -0.3 is 9.47 Å². The quantitative estimate of drug-likeness (QED) is 0.140. The number of hydrogen-bond acceptors (Lipinski definition) is 1. The molecule has 0 N–H and O–H groups in total. The van der Waals surface area contributed by atoms with E-state index in [0.29, 0.717) is 11.4 Å². The lowest BCUT2D eigenvalue weighted by atomic mass is 9.67. The molecule has 1 aromatic heterocycles. The molecule has 13 rings (SSSR count). The van der Waals surface area contributed by atoms with Crippen LogP contribution < -0.4 is 4.90 Å². The summed E-state index contributed by atoms with van der Waals surface area (Å²) in [5.74, 6) is 0. The van der Waals surface area contributed by atoms with Gasteiger partial charge >= 0.3 is 0 Å². The molecule has 0 aliphatic heterocycles. The van der Waals surface area contributed by atoms with Gasteiger partial charge in [0.2, 0.25) is 0 Å². The molecule has 1 heterocycles. The Hall–Kier alpha value is -8.98. The monoisotopic (exact) mass is 883 g/mol. The summed E-state index contributed by atoms with van der Waals surface area (Å²) in [5.41, 5.74) is 17.8. The zero-order chi connectivity index (χ0) is 50.1. The maximum absolute atomic E-state index is 9.25. The largest absolute Gasteiger partial charge is 0.310 e. The highest BCUT2D eigenvalue weighted by Gasteiger charge is 2.45. The minimum atomic E-state index is -0.503. The minimum Gasteiger partial charge on any atom is -0.310 e. The number of aromatic nitrogens is 1. The van der Waals surface area contributed by atoms with Crippen LogP contribution in [0, 0.1) is 0 Å². The van der Waals surface area contributed by atoms with Crippen LogP contribution in [0.4, 0.5) is 17.1 Å². The van der Waals surface area contributed by atoms with Crippen molar-refractivity contribution in [3.05, 3.63) is 301 Å². The number of nitrogens with zero attached hydrogens (tertiary/aromatic N) is 2. The van der Waals surface area contributed by atoms with E-state index in [-0.39, 0.29) is 17.8 Å². The molecule has 0 saturated carbocycles. The van der Waals surface area contributed by atoms with Crippen molar-refractivity contribution < 1.29 is 6.85 Å². The summed E-state index contributed by atoms with van der Waals surface area (Å²) in [6.07, 6.45) is 0. The summed E-state index contributed by atoms with van der Waals surface area (Å²) < 4.78 is 46.8. The van der Waals surface area contributed by atoms with E-state index < -0.39 is 23.5 Å². The van der Waals surface area contributed by atoms with E-state index in [9.17, 15) is 2.74 Å². The second-order valence-electron chi connectivity index (χ2n) is 17.7. The molecule has 2 nitrogen and oxygen atoms in total. The number of fused-ring (bicyclic) bond motifs is 6. The summed E-state index contributed by atoms with van der Waals surface area (Å²) in [6.45, 7) is 0. The summed E-state index contributed by atoms with van der Waals surface area (Å²) in [7, 11) is 0. The molecule has 1 aliphatic carbocycles. The molecule has 0 unspecified atom stereocenters. The molecule has 12 aromatic rings. The van der Waals surface area contributed by atoms with Crippen LogP contribution in [0.2, 0.25) is 0 Å². The highest BCUT2D eigenvalue weighted by Crippen LogP contribution is 2.56. The Morgan fingerprint density at radius 3 is 1.39 bits per heavy atom. The molecule has 0 bridgehead atoms. The zero-order valence-electron chi connectivity index (χ0n) is 42.6.